The van der Waals surface area contributed by atoms with Crippen molar-refractivity contribution in [1.29, 1.82) is 0 Å². The molecule has 0 atom stereocenters. The largest absolute Gasteiger partial charge is 0.417 e. The van der Waals surface area contributed by atoms with Gasteiger partial charge in [0.05, 0.1) is 10.6 Å². The van der Waals surface area contributed by atoms with Crippen molar-refractivity contribution >= 4 is 23.3 Å². The molecule has 0 saturated heterocycles. The van der Waals surface area contributed by atoms with Crippen LogP contribution in [0.4, 0.5) is 22.0 Å². The number of hydrogen-bond acceptors (Lipinski definition) is 0. The van der Waals surface area contributed by atoms with Crippen LogP contribution < -0.4 is 0 Å². The van der Waals surface area contributed by atoms with Gasteiger partial charge in [0.2, 0.25) is 0 Å². The third-order valence-corrected chi connectivity index (χ3v) is 6.96. The molecule has 1 saturated carbocycles. The van der Waals surface area contributed by atoms with E-state index in [0.717, 1.165) is 38.2 Å². The molecule has 2 aliphatic rings. The Morgan fingerprint density at radius 2 is 1.61 bits per heavy atom. The number of hydrogen-bond donors (Lipinski definition) is 0. The number of alkyl halides is 3. The molecular weight excluding hydrogens is 431 g/mol. The van der Waals surface area contributed by atoms with Crippen LogP contribution in [0.25, 0.3) is 11.6 Å². The van der Waals surface area contributed by atoms with Gasteiger partial charge in [-0.15, -0.1) is 0 Å². The van der Waals surface area contributed by atoms with Crippen molar-refractivity contribution < 1.29 is 22.0 Å². The fourth-order valence-electron chi connectivity index (χ4n) is 5.07. The van der Waals surface area contributed by atoms with Crippen LogP contribution in [-0.2, 0) is 12.6 Å². The molecule has 1 fully saturated rings. The summed E-state index contributed by atoms with van der Waals surface area (Å²) in [6.45, 7) is 2.17. The highest BCUT2D eigenvalue weighted by Crippen LogP contribution is 2.43. The van der Waals surface area contributed by atoms with Gasteiger partial charge in [-0.1, -0.05) is 37.4 Å². The van der Waals surface area contributed by atoms with E-state index in [9.17, 15) is 22.0 Å². The molecule has 0 aliphatic heterocycles. The van der Waals surface area contributed by atoms with Gasteiger partial charge in [0.25, 0.3) is 0 Å². The maximum absolute atomic E-state index is 15.0. The normalized spacial score (nSPS) is 21.2. The minimum Gasteiger partial charge on any atom is -0.206 e. The first-order valence-corrected chi connectivity index (χ1v) is 11.1. The zero-order valence-corrected chi connectivity index (χ0v) is 18.0. The van der Waals surface area contributed by atoms with Crippen molar-refractivity contribution in [3.63, 3.8) is 0 Å². The maximum atomic E-state index is 15.0. The van der Waals surface area contributed by atoms with Crippen LogP contribution in [0, 0.1) is 17.6 Å². The summed E-state index contributed by atoms with van der Waals surface area (Å²) >= 11 is 5.79. The third kappa shape index (κ3) is 4.52. The first-order chi connectivity index (χ1) is 14.7. The van der Waals surface area contributed by atoms with Crippen molar-refractivity contribution in [1.82, 2.24) is 0 Å². The standard InChI is InChI=1S/C25H24ClF5/c1-2-3-14-4-6-15(7-5-14)18-12-22(27)24(23(28)13-18)19-8-16-10-20(25(29,30)31)21(26)11-17(16)9-19/h9-15H,2-8H2,1H3. The predicted octanol–water partition coefficient (Wildman–Crippen LogP) is 8.81. The Hall–Kier alpha value is -1.88. The molecule has 4 rings (SSSR count). The molecule has 31 heavy (non-hydrogen) atoms. The van der Waals surface area contributed by atoms with Gasteiger partial charge < -0.3 is 0 Å². The van der Waals surface area contributed by atoms with E-state index in [1.54, 1.807) is 0 Å². The van der Waals surface area contributed by atoms with Crippen molar-refractivity contribution in [3.05, 3.63) is 68.7 Å². The highest BCUT2D eigenvalue weighted by Gasteiger charge is 2.35. The summed E-state index contributed by atoms with van der Waals surface area (Å²) in [5, 5.41) is -0.418. The summed E-state index contributed by atoms with van der Waals surface area (Å²) in [4.78, 5) is 0. The molecule has 0 spiro atoms. The monoisotopic (exact) mass is 454 g/mol. The summed E-state index contributed by atoms with van der Waals surface area (Å²) in [7, 11) is 0. The van der Waals surface area contributed by atoms with Crippen molar-refractivity contribution in [3.8, 4) is 0 Å². The highest BCUT2D eigenvalue weighted by atomic mass is 35.5. The lowest BCUT2D eigenvalue weighted by Crippen LogP contribution is -2.14. The Labute approximate surface area is 184 Å². The first-order valence-electron chi connectivity index (χ1n) is 10.8. The van der Waals surface area contributed by atoms with Gasteiger partial charge in [0.1, 0.15) is 11.6 Å². The van der Waals surface area contributed by atoms with E-state index >= 15 is 0 Å². The van der Waals surface area contributed by atoms with Gasteiger partial charge in [-0.3, -0.25) is 0 Å². The van der Waals surface area contributed by atoms with E-state index in [1.807, 2.05) is 0 Å². The second-order valence-corrected chi connectivity index (χ2v) is 9.15. The summed E-state index contributed by atoms with van der Waals surface area (Å²) in [6, 6.07) is 4.99. The van der Waals surface area contributed by atoms with E-state index in [1.165, 1.54) is 30.7 Å². The zero-order valence-electron chi connectivity index (χ0n) is 17.3. The molecule has 0 N–H and O–H groups in total. The maximum Gasteiger partial charge on any atom is 0.417 e. The van der Waals surface area contributed by atoms with E-state index < -0.39 is 28.4 Å². The smallest absolute Gasteiger partial charge is 0.206 e. The first kappa shape index (κ1) is 22.3. The molecule has 2 aromatic rings. The van der Waals surface area contributed by atoms with Crippen LogP contribution in [0.15, 0.2) is 24.3 Å². The van der Waals surface area contributed by atoms with Crippen LogP contribution in [0.3, 0.4) is 0 Å². The summed E-state index contributed by atoms with van der Waals surface area (Å²) in [5.74, 6) is -0.474. The topological polar surface area (TPSA) is 0 Å². The van der Waals surface area contributed by atoms with Crippen molar-refractivity contribution in [2.45, 2.75) is 64.0 Å². The van der Waals surface area contributed by atoms with Gasteiger partial charge in [-0.25, -0.2) is 8.78 Å². The lowest BCUT2D eigenvalue weighted by atomic mass is 9.77. The second-order valence-electron chi connectivity index (χ2n) is 8.74. The average Bonchev–Trinajstić information content (AvgIpc) is 3.09. The molecule has 0 amide bonds. The molecule has 0 radical (unpaired) electrons. The van der Waals surface area contributed by atoms with Crippen LogP contribution in [0.1, 0.15) is 79.2 Å². The fraction of sp³-hybridized carbons (Fsp3) is 0.440. The summed E-state index contributed by atoms with van der Waals surface area (Å²) in [5.41, 5.74) is 0.738. The van der Waals surface area contributed by atoms with E-state index in [4.69, 9.17) is 11.6 Å². The number of rotatable bonds is 4. The Bertz CT molecular complexity index is 990. The minimum absolute atomic E-state index is 0.0326. The molecule has 0 heterocycles. The molecule has 2 aromatic carbocycles. The lowest BCUT2D eigenvalue weighted by Gasteiger charge is -2.29. The zero-order chi connectivity index (χ0) is 22.3. The molecule has 2 aliphatic carbocycles. The quantitative estimate of drug-likeness (QED) is 0.405. The number of fused-ring (bicyclic) bond motifs is 1. The molecule has 0 nitrogen and oxygen atoms in total. The van der Waals surface area contributed by atoms with Gasteiger partial charge in [0.15, 0.2) is 0 Å². The molecule has 0 unspecified atom stereocenters. The number of benzene rings is 2. The predicted molar refractivity (Wildman–Crippen MR) is 114 cm³/mol. The minimum atomic E-state index is -4.58. The van der Waals surface area contributed by atoms with E-state index in [0.29, 0.717) is 28.2 Å². The van der Waals surface area contributed by atoms with Crippen LogP contribution in [0.2, 0.25) is 5.02 Å². The van der Waals surface area contributed by atoms with Crippen LogP contribution in [-0.4, -0.2) is 0 Å². The van der Waals surface area contributed by atoms with Crippen LogP contribution >= 0.6 is 11.6 Å². The van der Waals surface area contributed by atoms with Crippen LogP contribution in [0.5, 0.6) is 0 Å². The SMILES string of the molecule is CCCC1CCC(c2cc(F)c(C3=Cc4cc(Cl)c(C(F)(F)F)cc4C3)c(F)c2)CC1. The fourth-order valence-corrected chi connectivity index (χ4v) is 5.35. The average molecular weight is 455 g/mol. The molecule has 0 bridgehead atoms. The molecular formula is C25H24ClF5. The number of allylic oxidation sites excluding steroid dienone is 1. The molecule has 0 aromatic heterocycles. The lowest BCUT2D eigenvalue weighted by molar-refractivity contribution is -0.137. The van der Waals surface area contributed by atoms with Gasteiger partial charge >= 0.3 is 6.18 Å². The van der Waals surface area contributed by atoms with Gasteiger partial charge in [0, 0.05) is 5.56 Å². The van der Waals surface area contributed by atoms with Crippen molar-refractivity contribution in [2.24, 2.45) is 5.92 Å². The van der Waals surface area contributed by atoms with Gasteiger partial charge in [-0.05, 0) is 90.5 Å². The molecule has 6 heteroatoms. The summed E-state index contributed by atoms with van der Waals surface area (Å²) < 4.78 is 69.4. The number of halogens is 6. The van der Waals surface area contributed by atoms with Crippen molar-refractivity contribution in [2.75, 3.05) is 0 Å². The summed E-state index contributed by atoms with van der Waals surface area (Å²) in [6.07, 6.45) is 3.33. The van der Waals surface area contributed by atoms with Gasteiger partial charge in [-0.2, -0.15) is 13.2 Å². The Kier molecular flexibility index (Phi) is 6.17. The Morgan fingerprint density at radius 3 is 2.19 bits per heavy atom. The Morgan fingerprint density at radius 1 is 0.968 bits per heavy atom. The second kappa shape index (κ2) is 8.57. The highest BCUT2D eigenvalue weighted by molar-refractivity contribution is 6.31. The third-order valence-electron chi connectivity index (χ3n) is 6.65. The Balaban J connectivity index is 1.58. The van der Waals surface area contributed by atoms with E-state index in [2.05, 4.69) is 6.92 Å². The van der Waals surface area contributed by atoms with E-state index in [-0.39, 0.29) is 17.9 Å². The molecule has 166 valence electrons.